The van der Waals surface area contributed by atoms with E-state index >= 15 is 0 Å². The van der Waals surface area contributed by atoms with Crippen molar-refractivity contribution in [3.8, 4) is 61.6 Å². The molecule has 3 aliphatic carbocycles. The fraction of sp³-hybridized carbons (Fsp3) is 0.101. The first-order chi connectivity index (χ1) is 34.3. The molecule has 0 N–H and O–H groups in total. The van der Waals surface area contributed by atoms with Crippen LogP contribution in [0, 0.1) is 19.3 Å². The topological polar surface area (TPSA) is 4.93 Å². The van der Waals surface area contributed by atoms with Gasteiger partial charge >= 0.3 is 0 Å². The minimum Gasteiger partial charge on any atom is -0.308 e. The minimum atomic E-state index is -0.579. The summed E-state index contributed by atoms with van der Waals surface area (Å²) in [4.78, 5) is 0. The van der Waals surface area contributed by atoms with Crippen LogP contribution in [0.15, 0.2) is 249 Å². The Labute approximate surface area is 413 Å². The molecule has 0 aliphatic heterocycles. The molecule has 336 valence electrons. The molecule has 10 aromatic rings. The van der Waals surface area contributed by atoms with Gasteiger partial charge in [-0.05, 0) is 133 Å². The molecule has 1 aromatic heterocycles. The molecular formula is C69H55N. The molecule has 0 fully saturated rings. The van der Waals surface area contributed by atoms with Gasteiger partial charge in [0.05, 0.1) is 16.8 Å². The van der Waals surface area contributed by atoms with E-state index in [-0.39, 0.29) is 5.41 Å². The van der Waals surface area contributed by atoms with Gasteiger partial charge in [0, 0.05) is 16.8 Å². The van der Waals surface area contributed by atoms with Crippen molar-refractivity contribution in [3.63, 3.8) is 0 Å². The molecule has 3 aliphatic rings. The highest BCUT2D eigenvalue weighted by Crippen LogP contribution is 2.67. The van der Waals surface area contributed by atoms with Crippen molar-refractivity contribution in [3.05, 3.63) is 293 Å². The van der Waals surface area contributed by atoms with Crippen LogP contribution in [0.4, 0.5) is 0 Å². The third-order valence-corrected chi connectivity index (χ3v) is 15.1. The normalized spacial score (nSPS) is 14.3. The summed E-state index contributed by atoms with van der Waals surface area (Å²) in [7, 11) is 0. The van der Waals surface area contributed by atoms with Gasteiger partial charge in [-0.2, -0.15) is 0 Å². The lowest BCUT2D eigenvalue weighted by molar-refractivity contribution is 0.506. The Morgan fingerprint density at radius 1 is 0.400 bits per heavy atom. The number of nitrogens with zero attached hydrogens (tertiary/aromatic N) is 1. The van der Waals surface area contributed by atoms with E-state index in [4.69, 9.17) is 0 Å². The first kappa shape index (κ1) is 43.0. The summed E-state index contributed by atoms with van der Waals surface area (Å²) < 4.78 is 2.56. The molecule has 0 radical (unpaired) electrons. The molecule has 1 heteroatoms. The number of para-hydroxylation sites is 1. The first-order valence-corrected chi connectivity index (χ1v) is 24.7. The molecule has 13 rings (SSSR count). The third-order valence-electron chi connectivity index (χ3n) is 15.1. The Morgan fingerprint density at radius 3 is 1.50 bits per heavy atom. The quantitative estimate of drug-likeness (QED) is 0.157. The second-order valence-electron chi connectivity index (χ2n) is 19.8. The van der Waals surface area contributed by atoms with E-state index < -0.39 is 5.41 Å². The second-order valence-corrected chi connectivity index (χ2v) is 19.8. The molecule has 0 saturated carbocycles. The third kappa shape index (κ3) is 6.99. The van der Waals surface area contributed by atoms with Crippen molar-refractivity contribution in [1.29, 1.82) is 0 Å². The highest BCUT2D eigenvalue weighted by molar-refractivity contribution is 6.05. The number of benzene rings is 9. The maximum atomic E-state index is 2.57. The maximum absolute atomic E-state index is 2.57. The minimum absolute atomic E-state index is 0.0342. The summed E-state index contributed by atoms with van der Waals surface area (Å²) in [6.07, 6.45) is 5.94. The van der Waals surface area contributed by atoms with E-state index in [0.717, 1.165) is 12.1 Å². The van der Waals surface area contributed by atoms with E-state index in [2.05, 4.69) is 263 Å². The Hall–Kier alpha value is -8.26. The molecule has 0 atom stereocenters. The van der Waals surface area contributed by atoms with Crippen molar-refractivity contribution in [1.82, 2.24) is 4.57 Å². The van der Waals surface area contributed by atoms with Gasteiger partial charge in [-0.1, -0.05) is 244 Å². The molecule has 70 heavy (non-hydrogen) atoms. The van der Waals surface area contributed by atoms with Gasteiger partial charge < -0.3 is 4.57 Å². The fourth-order valence-corrected chi connectivity index (χ4v) is 11.7. The molecule has 1 spiro atoms. The largest absolute Gasteiger partial charge is 0.308 e. The van der Waals surface area contributed by atoms with Gasteiger partial charge in [0.2, 0.25) is 0 Å². The highest BCUT2D eigenvalue weighted by atomic mass is 15.0. The standard InChI is InChI=1S/C62H47N.C7H8/c1-41-32-33-45(42-20-8-4-9-21-42)38-52(41)55-39-47(36-37-61(55,2)3)46-34-35-51-56(40-46)62(53-30-18-16-28-49(53)50-29-17-19-31-54(50)62)58-57(51)59(43-22-10-5-11-23-43)63(48-26-14-7-15-27-48)60(58)44-24-12-6-13-25-44;1-7-5-3-2-4-6-7/h4-36,38-40H,37H2,1-3H3;2-6H,1H3. The van der Waals surface area contributed by atoms with Crippen molar-refractivity contribution in [2.45, 2.75) is 39.5 Å². The predicted molar refractivity (Wildman–Crippen MR) is 295 cm³/mol. The Kier molecular flexibility index (Phi) is 10.7. The summed E-state index contributed by atoms with van der Waals surface area (Å²) in [5, 5.41) is 0. The Balaban J connectivity index is 0.000000666. The highest BCUT2D eigenvalue weighted by Gasteiger charge is 2.55. The second kappa shape index (κ2) is 17.4. The number of aryl methyl sites for hydroxylation is 2. The zero-order valence-electron chi connectivity index (χ0n) is 40.3. The lowest BCUT2D eigenvalue weighted by Crippen LogP contribution is -2.27. The van der Waals surface area contributed by atoms with Crippen LogP contribution in [0.1, 0.15) is 64.8 Å². The number of rotatable bonds is 6. The Bertz CT molecular complexity index is 3580. The zero-order chi connectivity index (χ0) is 47.4. The summed E-state index contributed by atoms with van der Waals surface area (Å²) in [6.45, 7) is 9.15. The van der Waals surface area contributed by atoms with Gasteiger partial charge in [-0.25, -0.2) is 0 Å². The van der Waals surface area contributed by atoms with Crippen molar-refractivity contribution in [2.24, 2.45) is 5.41 Å². The van der Waals surface area contributed by atoms with Crippen LogP contribution >= 0.6 is 0 Å². The number of fused-ring (bicyclic) bond motifs is 10. The smallest absolute Gasteiger partial charge is 0.0747 e. The van der Waals surface area contributed by atoms with Crippen LogP contribution in [0.25, 0.3) is 72.7 Å². The van der Waals surface area contributed by atoms with Gasteiger partial charge in [0.15, 0.2) is 0 Å². The number of allylic oxidation sites excluding steroid dienone is 4. The molecule has 0 unspecified atom stereocenters. The average Bonchev–Trinajstić information content (AvgIpc) is 4.02. The molecule has 0 saturated heterocycles. The zero-order valence-corrected chi connectivity index (χ0v) is 40.3. The number of hydrogen-bond acceptors (Lipinski definition) is 0. The molecule has 1 nitrogen and oxygen atoms in total. The summed E-state index contributed by atoms with van der Waals surface area (Å²) in [5.74, 6) is 0. The van der Waals surface area contributed by atoms with Crippen molar-refractivity contribution < 1.29 is 0 Å². The Morgan fingerprint density at radius 2 is 0.914 bits per heavy atom. The van der Waals surface area contributed by atoms with Crippen LogP contribution in [0.3, 0.4) is 0 Å². The van der Waals surface area contributed by atoms with Gasteiger partial charge in [0.25, 0.3) is 0 Å². The average molecular weight is 898 g/mol. The maximum Gasteiger partial charge on any atom is 0.0747 e. The summed E-state index contributed by atoms with van der Waals surface area (Å²) in [5.41, 5.74) is 26.4. The monoisotopic (exact) mass is 897 g/mol. The van der Waals surface area contributed by atoms with E-state index in [1.807, 2.05) is 18.2 Å². The number of aromatic nitrogens is 1. The molecular weight excluding hydrogens is 843 g/mol. The first-order valence-electron chi connectivity index (χ1n) is 24.7. The molecule has 0 bridgehead atoms. The van der Waals surface area contributed by atoms with Crippen molar-refractivity contribution in [2.75, 3.05) is 0 Å². The van der Waals surface area contributed by atoms with E-state index in [1.54, 1.807) is 0 Å². The van der Waals surface area contributed by atoms with E-state index in [0.29, 0.717) is 0 Å². The van der Waals surface area contributed by atoms with Crippen LogP contribution < -0.4 is 0 Å². The molecule has 9 aromatic carbocycles. The van der Waals surface area contributed by atoms with Gasteiger partial charge in [-0.15, -0.1) is 0 Å². The lowest BCUT2D eigenvalue weighted by atomic mass is 9.69. The molecule has 0 amide bonds. The van der Waals surface area contributed by atoms with Crippen LogP contribution in [0.5, 0.6) is 0 Å². The summed E-state index contributed by atoms with van der Waals surface area (Å²) >= 11 is 0. The van der Waals surface area contributed by atoms with Gasteiger partial charge in [-0.3, -0.25) is 0 Å². The van der Waals surface area contributed by atoms with Crippen LogP contribution in [0.2, 0.25) is 0 Å². The van der Waals surface area contributed by atoms with Crippen LogP contribution in [-0.4, -0.2) is 4.57 Å². The van der Waals surface area contributed by atoms with Crippen LogP contribution in [-0.2, 0) is 5.41 Å². The number of hydrogen-bond donors (Lipinski definition) is 0. The lowest BCUT2D eigenvalue weighted by Gasteiger charge is -2.34. The van der Waals surface area contributed by atoms with E-state index in [1.165, 1.54) is 112 Å². The van der Waals surface area contributed by atoms with Crippen molar-refractivity contribution >= 4 is 11.1 Å². The van der Waals surface area contributed by atoms with Gasteiger partial charge in [0.1, 0.15) is 0 Å². The molecule has 1 heterocycles. The van der Waals surface area contributed by atoms with E-state index in [9.17, 15) is 0 Å². The fourth-order valence-electron chi connectivity index (χ4n) is 11.7. The summed E-state index contributed by atoms with van der Waals surface area (Å²) in [6, 6.07) is 87.0. The SMILES string of the molecule is Cc1ccc(-c2ccccc2)cc1C1=CC(c2ccc3c(c2)C2(c4ccccc4-c4ccccc42)c2c-3c(-c3ccccc3)n(-c3ccccc3)c2-c2ccccc2)=CCC1(C)C.Cc1ccccc1. The predicted octanol–water partition coefficient (Wildman–Crippen LogP) is 18.0.